The van der Waals surface area contributed by atoms with Gasteiger partial charge in [0.1, 0.15) is 5.75 Å². The molecule has 0 radical (unpaired) electrons. The van der Waals surface area contributed by atoms with E-state index in [1.807, 2.05) is 81.1 Å². The lowest BCUT2D eigenvalue weighted by molar-refractivity contribution is -0.121. The third-order valence-corrected chi connectivity index (χ3v) is 4.73. The maximum absolute atomic E-state index is 12.2. The highest BCUT2D eigenvalue weighted by atomic mass is 127. The number of rotatable bonds is 7. The maximum atomic E-state index is 12.2. The molecular weight excluding hydrogens is 539 g/mol. The molecule has 1 amide bonds. The summed E-state index contributed by atoms with van der Waals surface area (Å²) in [5.41, 5.74) is 1.40. The number of imidazole rings is 1. The molecule has 1 aromatic carbocycles. The van der Waals surface area contributed by atoms with E-state index < -0.39 is 0 Å². The molecule has 0 aliphatic rings. The van der Waals surface area contributed by atoms with Gasteiger partial charge in [-0.15, -0.1) is 35.3 Å². The average molecular weight is 571 g/mol. The Balaban J connectivity index is 0.00000363. The third kappa shape index (κ3) is 8.30. The number of anilines is 1. The number of nitrogens with one attached hydrogen (secondary N) is 3. The number of carbonyl (C=O) groups excluding carboxylic acids is 1. The number of guanidine groups is 1. The van der Waals surface area contributed by atoms with Crippen LogP contribution in [0.15, 0.2) is 47.0 Å². The Hall–Kier alpha value is -2.34. The van der Waals surface area contributed by atoms with Crippen molar-refractivity contribution in [3.63, 3.8) is 0 Å². The third-order valence-electron chi connectivity index (χ3n) is 3.96. The SMILES string of the molecule is CC(C)Oc1ccc(NC(=NCc2cn3ccsc3n2)NCC(=O)NC(C)(C)C)cc1.I. The standard InChI is InChI=1S/C22H30N6O2S.HI/c1-15(2)30-18-8-6-16(7-9-18)25-20(24-13-19(29)27-22(3,4)5)23-12-17-14-28-10-11-31-21(28)26-17;/h6-11,14-15H,12-13H2,1-5H3,(H,27,29)(H2,23,24,25);1H. The van der Waals surface area contributed by atoms with Gasteiger partial charge in [0.05, 0.1) is 24.9 Å². The van der Waals surface area contributed by atoms with Gasteiger partial charge in [0.2, 0.25) is 5.91 Å². The fourth-order valence-electron chi connectivity index (χ4n) is 2.80. The van der Waals surface area contributed by atoms with Crippen LogP contribution in [0.1, 0.15) is 40.3 Å². The van der Waals surface area contributed by atoms with E-state index in [-0.39, 0.29) is 48.1 Å². The molecule has 0 unspecified atom stereocenters. The van der Waals surface area contributed by atoms with E-state index in [2.05, 4.69) is 25.9 Å². The number of carbonyl (C=O) groups is 1. The first-order valence-corrected chi connectivity index (χ1v) is 11.1. The summed E-state index contributed by atoms with van der Waals surface area (Å²) in [5.74, 6) is 1.19. The molecule has 3 N–H and O–H groups in total. The molecule has 2 heterocycles. The number of aliphatic imine (C=N–C) groups is 1. The second-order valence-electron chi connectivity index (χ2n) is 8.46. The van der Waals surface area contributed by atoms with Gasteiger partial charge in [0, 0.05) is 29.0 Å². The Bertz CT molecular complexity index is 1010. The van der Waals surface area contributed by atoms with Gasteiger partial charge in [0.25, 0.3) is 0 Å². The lowest BCUT2D eigenvalue weighted by Gasteiger charge is -2.21. The highest BCUT2D eigenvalue weighted by molar-refractivity contribution is 14.0. The number of ether oxygens (including phenoxy) is 1. The zero-order chi connectivity index (χ0) is 22.4. The van der Waals surface area contributed by atoms with Gasteiger partial charge in [0.15, 0.2) is 10.9 Å². The van der Waals surface area contributed by atoms with E-state index in [1.165, 1.54) is 0 Å². The summed E-state index contributed by atoms with van der Waals surface area (Å²) in [6.45, 7) is 10.3. The van der Waals surface area contributed by atoms with Gasteiger partial charge in [-0.05, 0) is 58.9 Å². The van der Waals surface area contributed by atoms with Crippen LogP contribution in [0.3, 0.4) is 0 Å². The van der Waals surface area contributed by atoms with Crippen molar-refractivity contribution in [2.24, 2.45) is 4.99 Å². The first kappa shape index (κ1) is 25.9. The summed E-state index contributed by atoms with van der Waals surface area (Å²) in [6, 6.07) is 7.62. The van der Waals surface area contributed by atoms with Gasteiger partial charge in [-0.25, -0.2) is 9.98 Å². The van der Waals surface area contributed by atoms with Gasteiger partial charge in [-0.1, -0.05) is 0 Å². The highest BCUT2D eigenvalue weighted by Gasteiger charge is 2.14. The van der Waals surface area contributed by atoms with Crippen molar-refractivity contribution >= 4 is 57.8 Å². The van der Waals surface area contributed by atoms with Crippen LogP contribution in [-0.2, 0) is 11.3 Å². The molecule has 10 heteroatoms. The van der Waals surface area contributed by atoms with Crippen molar-refractivity contribution < 1.29 is 9.53 Å². The molecule has 0 spiro atoms. The number of fused-ring (bicyclic) bond motifs is 1. The van der Waals surface area contributed by atoms with Crippen molar-refractivity contribution in [2.75, 3.05) is 11.9 Å². The van der Waals surface area contributed by atoms with E-state index in [4.69, 9.17) is 4.74 Å². The molecule has 3 rings (SSSR count). The van der Waals surface area contributed by atoms with E-state index in [9.17, 15) is 4.79 Å². The van der Waals surface area contributed by atoms with Crippen LogP contribution in [0.25, 0.3) is 4.96 Å². The smallest absolute Gasteiger partial charge is 0.239 e. The summed E-state index contributed by atoms with van der Waals surface area (Å²) in [7, 11) is 0. The number of benzene rings is 1. The molecule has 0 saturated heterocycles. The zero-order valence-corrected chi connectivity index (χ0v) is 22.2. The van der Waals surface area contributed by atoms with Crippen molar-refractivity contribution in [1.29, 1.82) is 0 Å². The molecule has 3 aromatic rings. The summed E-state index contributed by atoms with van der Waals surface area (Å²) < 4.78 is 7.66. The van der Waals surface area contributed by atoms with Crippen LogP contribution in [-0.4, -0.2) is 39.4 Å². The van der Waals surface area contributed by atoms with Crippen molar-refractivity contribution in [1.82, 2.24) is 20.0 Å². The molecule has 2 aromatic heterocycles. The first-order valence-electron chi connectivity index (χ1n) is 10.2. The normalized spacial score (nSPS) is 11.9. The fourth-order valence-corrected chi connectivity index (χ4v) is 3.52. The lowest BCUT2D eigenvalue weighted by Crippen LogP contribution is -2.46. The molecule has 0 fully saturated rings. The maximum Gasteiger partial charge on any atom is 0.239 e. The molecule has 8 nitrogen and oxygen atoms in total. The van der Waals surface area contributed by atoms with Crippen molar-refractivity contribution in [3.8, 4) is 5.75 Å². The number of aromatic nitrogens is 2. The number of hydrogen-bond acceptors (Lipinski definition) is 5. The van der Waals surface area contributed by atoms with Crippen LogP contribution in [0.2, 0.25) is 0 Å². The number of nitrogens with zero attached hydrogens (tertiary/aromatic N) is 3. The van der Waals surface area contributed by atoms with Crippen molar-refractivity contribution in [3.05, 3.63) is 47.7 Å². The predicted molar refractivity (Wildman–Crippen MR) is 141 cm³/mol. The lowest BCUT2D eigenvalue weighted by atomic mass is 10.1. The van der Waals surface area contributed by atoms with Crippen LogP contribution in [0.5, 0.6) is 5.75 Å². The quantitative estimate of drug-likeness (QED) is 0.224. The van der Waals surface area contributed by atoms with E-state index in [1.54, 1.807) is 11.3 Å². The number of amides is 1. The largest absolute Gasteiger partial charge is 0.491 e. The molecule has 0 bridgehead atoms. The molecule has 174 valence electrons. The summed E-state index contributed by atoms with van der Waals surface area (Å²) in [5, 5.41) is 11.3. The van der Waals surface area contributed by atoms with Crippen molar-refractivity contribution in [2.45, 2.75) is 52.8 Å². The van der Waals surface area contributed by atoms with Gasteiger partial charge >= 0.3 is 0 Å². The van der Waals surface area contributed by atoms with Crippen LogP contribution in [0, 0.1) is 0 Å². The second-order valence-corrected chi connectivity index (χ2v) is 9.33. The van der Waals surface area contributed by atoms with Crippen LogP contribution in [0.4, 0.5) is 5.69 Å². The number of hydrogen-bond donors (Lipinski definition) is 3. The fraction of sp³-hybridized carbons (Fsp3) is 0.409. The topological polar surface area (TPSA) is 92.1 Å². The minimum Gasteiger partial charge on any atom is -0.491 e. The first-order chi connectivity index (χ1) is 14.7. The minimum absolute atomic E-state index is 0. The molecule has 0 aliphatic carbocycles. The average Bonchev–Trinajstić information content (AvgIpc) is 3.25. The Morgan fingerprint density at radius 2 is 1.97 bits per heavy atom. The molecule has 0 aliphatic heterocycles. The second kappa shape index (κ2) is 11.5. The molecule has 0 atom stereocenters. The number of thiazole rings is 1. The van der Waals surface area contributed by atoms with Gasteiger partial charge in [-0.3, -0.25) is 9.20 Å². The van der Waals surface area contributed by atoms with E-state index in [0.29, 0.717) is 12.5 Å². The van der Waals surface area contributed by atoms with Crippen LogP contribution < -0.4 is 20.7 Å². The van der Waals surface area contributed by atoms with E-state index in [0.717, 1.165) is 22.1 Å². The Labute approximate surface area is 209 Å². The Morgan fingerprint density at radius 3 is 2.59 bits per heavy atom. The molecule has 0 saturated carbocycles. The number of halogens is 1. The monoisotopic (exact) mass is 570 g/mol. The summed E-state index contributed by atoms with van der Waals surface area (Å²) in [6.07, 6.45) is 4.04. The van der Waals surface area contributed by atoms with Crippen LogP contribution >= 0.6 is 35.3 Å². The van der Waals surface area contributed by atoms with Gasteiger partial charge < -0.3 is 20.7 Å². The Kier molecular flexibility index (Phi) is 9.32. The molecular formula is C22H31IN6O2S. The van der Waals surface area contributed by atoms with Gasteiger partial charge in [-0.2, -0.15) is 0 Å². The summed E-state index contributed by atoms with van der Waals surface area (Å²) >= 11 is 1.58. The summed E-state index contributed by atoms with van der Waals surface area (Å²) in [4.78, 5) is 22.3. The zero-order valence-electron chi connectivity index (χ0n) is 19.0. The highest BCUT2D eigenvalue weighted by Crippen LogP contribution is 2.17. The Morgan fingerprint density at radius 1 is 1.25 bits per heavy atom. The minimum atomic E-state index is -0.294. The predicted octanol–water partition coefficient (Wildman–Crippen LogP) is 4.27. The van der Waals surface area contributed by atoms with E-state index >= 15 is 0 Å². The molecule has 32 heavy (non-hydrogen) atoms.